The normalized spacial score (nSPS) is 28.3. The minimum atomic E-state index is -2.77. The highest BCUT2D eigenvalue weighted by molar-refractivity contribution is 6.58. The number of likely N-dealkylation sites (tertiary alicyclic amines) is 1. The van der Waals surface area contributed by atoms with Crippen LogP contribution in [0.4, 0.5) is 27.6 Å². The minimum Gasteiger partial charge on any atom is -0.507 e. The van der Waals surface area contributed by atoms with Gasteiger partial charge in [0, 0.05) is 29.8 Å². The van der Waals surface area contributed by atoms with E-state index in [1.54, 1.807) is 36.4 Å². The fourth-order valence-corrected chi connectivity index (χ4v) is 9.35. The van der Waals surface area contributed by atoms with Crippen molar-refractivity contribution in [3.63, 3.8) is 0 Å². The first-order valence-corrected chi connectivity index (χ1v) is 17.1. The topological polar surface area (TPSA) is 132 Å². The van der Waals surface area contributed by atoms with Crippen LogP contribution in [0.2, 0.25) is 0 Å². The summed E-state index contributed by atoms with van der Waals surface area (Å²) in [4.78, 5) is 62.6. The van der Waals surface area contributed by atoms with Crippen LogP contribution in [0.25, 0.3) is 10.8 Å². The summed E-state index contributed by atoms with van der Waals surface area (Å²) in [5.74, 6) is -23.1. The Morgan fingerprint density at radius 2 is 1.48 bits per heavy atom. The van der Waals surface area contributed by atoms with Gasteiger partial charge in [-0.1, -0.05) is 54.5 Å². The molecule has 52 heavy (non-hydrogen) atoms. The van der Waals surface area contributed by atoms with Gasteiger partial charge in [0.1, 0.15) is 11.4 Å². The zero-order chi connectivity index (χ0) is 37.6. The predicted octanol–water partition coefficient (Wildman–Crippen LogP) is 6.45. The Morgan fingerprint density at radius 3 is 2.15 bits per heavy atom. The Labute approximate surface area is 301 Å². The van der Waals surface area contributed by atoms with Gasteiger partial charge >= 0.3 is 5.97 Å². The Kier molecular flexibility index (Phi) is 8.64. The van der Waals surface area contributed by atoms with Crippen molar-refractivity contribution < 1.29 is 56.1 Å². The van der Waals surface area contributed by atoms with Gasteiger partial charge in [0.25, 0.3) is 11.8 Å². The minimum absolute atomic E-state index is 0.0296. The number of hydrogen-bond donors (Lipinski definition) is 2. The number of hydrogen-bond acceptors (Lipinski definition) is 6. The van der Waals surface area contributed by atoms with Crippen LogP contribution in [0.15, 0.2) is 48.0 Å². The third-order valence-corrected chi connectivity index (χ3v) is 12.2. The number of benzene rings is 3. The van der Waals surface area contributed by atoms with Crippen molar-refractivity contribution in [1.82, 2.24) is 4.90 Å². The zero-order valence-corrected chi connectivity index (χ0v) is 28.3. The van der Waals surface area contributed by atoms with Crippen molar-refractivity contribution in [2.45, 2.75) is 54.2 Å². The Bertz CT molecular complexity index is 2140. The number of anilines is 1. The second kappa shape index (κ2) is 12.5. The van der Waals surface area contributed by atoms with Crippen molar-refractivity contribution in [2.24, 2.45) is 17.8 Å². The van der Waals surface area contributed by atoms with Gasteiger partial charge in [0.05, 0.1) is 11.8 Å². The van der Waals surface area contributed by atoms with E-state index in [2.05, 4.69) is 0 Å². The van der Waals surface area contributed by atoms with Crippen molar-refractivity contribution >= 4 is 69.3 Å². The molecule has 1 saturated carbocycles. The van der Waals surface area contributed by atoms with E-state index >= 15 is 8.78 Å². The van der Waals surface area contributed by atoms with Gasteiger partial charge in [-0.25, -0.2) is 26.9 Å². The summed E-state index contributed by atoms with van der Waals surface area (Å²) in [6.07, 6.45) is 1.75. The van der Waals surface area contributed by atoms with E-state index in [-0.39, 0.29) is 40.8 Å². The molecule has 7 rings (SSSR count). The van der Waals surface area contributed by atoms with Crippen LogP contribution in [0.1, 0.15) is 50.0 Å². The monoisotopic (exact) mass is 764 g/mol. The van der Waals surface area contributed by atoms with Crippen LogP contribution in [0, 0.1) is 46.8 Å². The highest BCUT2D eigenvalue weighted by Gasteiger charge is 2.77. The quantitative estimate of drug-likeness (QED) is 0.0513. The summed E-state index contributed by atoms with van der Waals surface area (Å²) in [5, 5.41) is 21.4. The van der Waals surface area contributed by atoms with E-state index in [1.807, 2.05) is 0 Å². The molecule has 16 heteroatoms. The maximum atomic E-state index is 15.3. The van der Waals surface area contributed by atoms with Crippen molar-refractivity contribution in [1.29, 1.82) is 0 Å². The lowest BCUT2D eigenvalue weighted by molar-refractivity contribution is -0.141. The van der Waals surface area contributed by atoms with Crippen LogP contribution < -0.4 is 4.90 Å². The second-order valence-electron chi connectivity index (χ2n) is 13.4. The molecule has 6 atom stereocenters. The van der Waals surface area contributed by atoms with Crippen molar-refractivity contribution in [3.05, 3.63) is 82.7 Å². The number of amides is 4. The molecule has 4 aliphatic rings. The highest BCUT2D eigenvalue weighted by Crippen LogP contribution is 2.67. The summed E-state index contributed by atoms with van der Waals surface area (Å²) in [7, 11) is 0. The average Bonchev–Trinajstić information content (AvgIpc) is 3.44. The molecule has 2 heterocycles. The van der Waals surface area contributed by atoms with E-state index in [9.17, 15) is 42.3 Å². The van der Waals surface area contributed by atoms with E-state index in [0.717, 1.165) is 4.90 Å². The van der Waals surface area contributed by atoms with E-state index in [0.29, 0.717) is 24.6 Å². The van der Waals surface area contributed by atoms with Gasteiger partial charge in [0.2, 0.25) is 17.6 Å². The number of fused-ring (bicyclic) bond motifs is 5. The molecule has 9 nitrogen and oxygen atoms in total. The third-order valence-electron chi connectivity index (χ3n) is 10.8. The number of aromatic hydroxyl groups is 1. The van der Waals surface area contributed by atoms with Crippen molar-refractivity contribution in [3.8, 4) is 5.75 Å². The molecule has 0 bridgehead atoms. The van der Waals surface area contributed by atoms with Gasteiger partial charge in [-0.15, -0.1) is 23.2 Å². The lowest BCUT2D eigenvalue weighted by atomic mass is 9.56. The molecular weight excluding hydrogens is 738 g/mol. The molecule has 3 fully saturated rings. The number of nitrogens with zero attached hydrogens (tertiary/aromatic N) is 2. The lowest BCUT2D eigenvalue weighted by Gasteiger charge is -2.50. The van der Waals surface area contributed by atoms with E-state index < -0.39 is 110 Å². The zero-order valence-electron chi connectivity index (χ0n) is 26.8. The number of carbonyl (C=O) groups is 5. The summed E-state index contributed by atoms with van der Waals surface area (Å²) in [6, 6.07) is 9.47. The van der Waals surface area contributed by atoms with Gasteiger partial charge < -0.3 is 10.2 Å². The van der Waals surface area contributed by atoms with Crippen LogP contribution in [0.5, 0.6) is 5.75 Å². The number of rotatable bonds is 8. The second-order valence-corrected chi connectivity index (χ2v) is 14.7. The highest BCUT2D eigenvalue weighted by atomic mass is 35.5. The van der Waals surface area contributed by atoms with Crippen LogP contribution in [-0.2, 0) is 24.0 Å². The van der Waals surface area contributed by atoms with Gasteiger partial charge in [-0.3, -0.25) is 28.9 Å². The van der Waals surface area contributed by atoms with Gasteiger partial charge in [-0.2, -0.15) is 0 Å². The maximum absolute atomic E-state index is 15.3. The van der Waals surface area contributed by atoms with Gasteiger partial charge in [-0.05, 0) is 37.0 Å². The largest absolute Gasteiger partial charge is 0.507 e. The molecular formula is C36H27Cl2F5N2O7. The van der Waals surface area contributed by atoms with Crippen molar-refractivity contribution in [2.75, 3.05) is 11.4 Å². The Hall–Kier alpha value is -4.56. The first kappa shape index (κ1) is 35.8. The standard InChI is InChI=1S/C36H27Cl2F5N2O7/c37-35-14-20-17(11-12-18-22(20)32(50)44(31(18)49)13-5-1-2-8-21(46)47)23(19-10-9-15-6-3-4-7-16(15)30(19)48)36(35,38)34(52)45(33(35)51)29-27(42)25(40)24(39)26(41)28(29)43/h3-4,6-7,9-11,18,20,22-23,48H,1-2,5,8,12-14H2,(H,46,47). The summed E-state index contributed by atoms with van der Waals surface area (Å²) in [5.41, 5.74) is -1.76. The van der Waals surface area contributed by atoms with Gasteiger partial charge in [0.15, 0.2) is 33.0 Å². The number of carboxylic acids is 1. The number of unbranched alkanes of at least 4 members (excludes halogenated alkanes) is 2. The lowest BCUT2D eigenvalue weighted by Crippen LogP contribution is -2.60. The summed E-state index contributed by atoms with van der Waals surface area (Å²) < 4.78 is 73.5. The molecule has 0 radical (unpaired) electrons. The molecule has 2 saturated heterocycles. The number of halogens is 7. The number of alkyl halides is 2. The van der Waals surface area contributed by atoms with E-state index in [1.165, 1.54) is 6.07 Å². The van der Waals surface area contributed by atoms with Crippen LogP contribution in [-0.4, -0.2) is 61.0 Å². The average molecular weight is 766 g/mol. The number of phenolic OH excluding ortho intramolecular Hbond substituents is 1. The fraction of sp³-hybridized carbons (Fsp3) is 0.361. The number of carbonyl (C=O) groups excluding carboxylic acids is 4. The summed E-state index contributed by atoms with van der Waals surface area (Å²) in [6.45, 7) is -0.0296. The predicted molar refractivity (Wildman–Crippen MR) is 175 cm³/mol. The smallest absolute Gasteiger partial charge is 0.303 e. The SMILES string of the molecule is O=C(O)CCCCCN1C(=O)C2CC=C3C(CC4(Cl)C(=O)N(c5c(F)c(F)c(F)c(F)c5F)C(=O)C4(Cl)C3c3ccc4ccccc4c3O)C2C1=O. The molecule has 3 aromatic rings. The number of imide groups is 2. The Balaban J connectivity index is 1.38. The first-order chi connectivity index (χ1) is 24.6. The van der Waals surface area contributed by atoms with Crippen LogP contribution in [0.3, 0.4) is 0 Å². The molecule has 2 N–H and O–H groups in total. The molecule has 0 spiro atoms. The number of allylic oxidation sites excluding steroid dienone is 2. The van der Waals surface area contributed by atoms with E-state index in [4.69, 9.17) is 28.3 Å². The maximum Gasteiger partial charge on any atom is 0.303 e. The molecule has 3 aromatic carbocycles. The molecule has 272 valence electrons. The fourth-order valence-electron chi connectivity index (χ4n) is 8.43. The Morgan fingerprint density at radius 1 is 0.827 bits per heavy atom. The molecule has 2 aliphatic carbocycles. The number of phenols is 1. The van der Waals surface area contributed by atoms with Crippen LogP contribution >= 0.6 is 23.2 Å². The third kappa shape index (κ3) is 4.82. The number of aliphatic carboxylic acids is 1. The number of carboxylic acid groups (broad SMARTS) is 1. The summed E-state index contributed by atoms with van der Waals surface area (Å²) >= 11 is 14.3. The molecule has 0 aromatic heterocycles. The molecule has 6 unspecified atom stereocenters. The molecule has 4 amide bonds. The molecule has 2 aliphatic heterocycles. The first-order valence-electron chi connectivity index (χ1n) is 16.3.